The number of carbonyl (C=O) groups is 3. The van der Waals surface area contributed by atoms with E-state index in [4.69, 9.17) is 9.84 Å². The summed E-state index contributed by atoms with van der Waals surface area (Å²) in [7, 11) is 0. The molecule has 0 aromatic heterocycles. The Morgan fingerprint density at radius 2 is 1.64 bits per heavy atom. The molecule has 224 valence electrons. The lowest BCUT2D eigenvalue weighted by atomic mass is 9.93. The lowest BCUT2D eigenvalue weighted by molar-refractivity contribution is -0.163. The van der Waals surface area contributed by atoms with Gasteiger partial charge in [0.05, 0.1) is 5.92 Å². The quantitative estimate of drug-likeness (QED) is 0.145. The second-order valence-electron chi connectivity index (χ2n) is 10.9. The highest BCUT2D eigenvalue weighted by Gasteiger charge is 2.34. The topological polar surface area (TPSA) is 113 Å². The van der Waals surface area contributed by atoms with E-state index in [9.17, 15) is 19.5 Å². The Balaban J connectivity index is 1.46. The summed E-state index contributed by atoms with van der Waals surface area (Å²) in [6, 6.07) is 21.1. The molecule has 0 aliphatic carbocycles. The van der Waals surface area contributed by atoms with Crippen molar-refractivity contribution in [1.82, 2.24) is 5.32 Å². The van der Waals surface area contributed by atoms with E-state index in [0.717, 1.165) is 44.1 Å². The van der Waals surface area contributed by atoms with Crippen molar-refractivity contribution in [3.05, 3.63) is 89.0 Å². The van der Waals surface area contributed by atoms with E-state index in [-0.39, 0.29) is 0 Å². The predicted molar refractivity (Wildman–Crippen MR) is 166 cm³/mol. The minimum Gasteiger partial charge on any atom is -0.480 e. The van der Waals surface area contributed by atoms with Crippen LogP contribution >= 0.6 is 0 Å². The number of aliphatic carboxylic acids is 2. The van der Waals surface area contributed by atoms with Gasteiger partial charge in [-0.25, -0.2) is 9.59 Å². The molecule has 0 saturated heterocycles. The maximum Gasteiger partial charge on any atom is 0.333 e. The van der Waals surface area contributed by atoms with Gasteiger partial charge in [0, 0.05) is 6.54 Å². The Labute approximate surface area is 248 Å². The number of carboxylic acids is 2. The molecule has 7 nitrogen and oxygen atoms in total. The molecule has 3 N–H and O–H groups in total. The number of allylic oxidation sites excluding steroid dienone is 1. The molecule has 7 heteroatoms. The molecule has 3 aromatic carbocycles. The number of rotatable bonds is 18. The van der Waals surface area contributed by atoms with E-state index in [1.807, 2.05) is 12.1 Å². The average molecular weight is 574 g/mol. The molecule has 0 radical (unpaired) electrons. The van der Waals surface area contributed by atoms with Crippen molar-refractivity contribution in [2.24, 2.45) is 5.92 Å². The summed E-state index contributed by atoms with van der Waals surface area (Å²) >= 11 is 0. The van der Waals surface area contributed by atoms with Gasteiger partial charge in [-0.3, -0.25) is 4.79 Å². The summed E-state index contributed by atoms with van der Waals surface area (Å²) in [6.07, 6.45) is 8.70. The van der Waals surface area contributed by atoms with Crippen LogP contribution < -0.4 is 5.32 Å². The van der Waals surface area contributed by atoms with Gasteiger partial charge < -0.3 is 20.3 Å². The van der Waals surface area contributed by atoms with Gasteiger partial charge in [-0.2, -0.15) is 0 Å². The Kier molecular flexibility index (Phi) is 13.2. The number of hydrogen-bond acceptors (Lipinski definition) is 4. The third-order valence-corrected chi connectivity index (χ3v) is 7.56. The molecule has 0 aliphatic heterocycles. The first-order valence-corrected chi connectivity index (χ1v) is 14.8. The summed E-state index contributed by atoms with van der Waals surface area (Å²) < 4.78 is 5.16. The Morgan fingerprint density at radius 1 is 0.857 bits per heavy atom. The van der Waals surface area contributed by atoms with Crippen molar-refractivity contribution < 1.29 is 29.3 Å². The average Bonchev–Trinajstić information content (AvgIpc) is 2.96. The van der Waals surface area contributed by atoms with Crippen molar-refractivity contribution >= 4 is 34.7 Å². The van der Waals surface area contributed by atoms with Gasteiger partial charge in [0.1, 0.15) is 6.61 Å². The number of benzene rings is 3. The molecule has 0 saturated carbocycles. The second-order valence-corrected chi connectivity index (χ2v) is 10.9. The molecule has 3 aromatic rings. The molecule has 0 bridgehead atoms. The minimum absolute atomic E-state index is 0.294. The van der Waals surface area contributed by atoms with E-state index < -0.39 is 36.5 Å². The van der Waals surface area contributed by atoms with Crippen molar-refractivity contribution in [3.63, 3.8) is 0 Å². The first-order chi connectivity index (χ1) is 20.2. The zero-order valence-electron chi connectivity index (χ0n) is 24.7. The highest BCUT2D eigenvalue weighted by molar-refractivity contribution is 5.86. The number of unbranched alkanes of at least 4 members (excludes halogenated alkanes) is 4. The highest BCUT2D eigenvalue weighted by Crippen LogP contribution is 2.20. The molecule has 0 fully saturated rings. The van der Waals surface area contributed by atoms with Gasteiger partial charge in [-0.05, 0) is 85.4 Å². The van der Waals surface area contributed by atoms with Crippen LogP contribution in [0.1, 0.15) is 67.2 Å². The van der Waals surface area contributed by atoms with Crippen LogP contribution in [0.2, 0.25) is 0 Å². The molecule has 1 amide bonds. The number of nitrogens with one attached hydrogen (secondary N) is 1. The monoisotopic (exact) mass is 573 g/mol. The van der Waals surface area contributed by atoms with Crippen LogP contribution in [0.4, 0.5) is 0 Å². The van der Waals surface area contributed by atoms with Crippen molar-refractivity contribution in [3.8, 4) is 0 Å². The number of ether oxygens (including phenoxy) is 1. The second kappa shape index (κ2) is 17.1. The van der Waals surface area contributed by atoms with Gasteiger partial charge in [0.2, 0.25) is 5.91 Å². The van der Waals surface area contributed by atoms with Crippen LogP contribution in [0.15, 0.2) is 66.7 Å². The summed E-state index contributed by atoms with van der Waals surface area (Å²) in [4.78, 5) is 36.0. The van der Waals surface area contributed by atoms with Gasteiger partial charge in [0.15, 0.2) is 6.10 Å². The molecule has 3 rings (SSSR count). The van der Waals surface area contributed by atoms with Crippen LogP contribution in [0, 0.1) is 19.8 Å². The highest BCUT2D eigenvalue weighted by atomic mass is 16.5. The van der Waals surface area contributed by atoms with E-state index in [1.54, 1.807) is 0 Å². The Hall–Kier alpha value is -3.97. The molecule has 0 aliphatic rings. The zero-order chi connectivity index (χ0) is 30.3. The number of fused-ring (bicyclic) bond motifs is 1. The summed E-state index contributed by atoms with van der Waals surface area (Å²) in [5.41, 5.74) is 4.88. The largest absolute Gasteiger partial charge is 0.480 e. The third-order valence-electron chi connectivity index (χ3n) is 7.56. The molecule has 0 heterocycles. The number of carboxylic acid groups (broad SMARTS) is 2. The van der Waals surface area contributed by atoms with Crippen molar-refractivity contribution in [2.45, 2.75) is 71.3 Å². The molecule has 42 heavy (non-hydrogen) atoms. The number of hydrogen-bond donors (Lipinski definition) is 3. The van der Waals surface area contributed by atoms with E-state index in [0.29, 0.717) is 19.4 Å². The van der Waals surface area contributed by atoms with Crippen LogP contribution in [0.5, 0.6) is 0 Å². The number of carbonyl (C=O) groups excluding carboxylic acids is 1. The summed E-state index contributed by atoms with van der Waals surface area (Å²) in [5.74, 6) is -3.99. The van der Waals surface area contributed by atoms with Gasteiger partial charge in [-0.15, -0.1) is 0 Å². The maximum atomic E-state index is 13.1. The van der Waals surface area contributed by atoms with Crippen LogP contribution in [0.25, 0.3) is 16.8 Å². The van der Waals surface area contributed by atoms with Crippen molar-refractivity contribution in [1.29, 1.82) is 0 Å². The molecule has 2 unspecified atom stereocenters. The lowest BCUT2D eigenvalue weighted by Crippen LogP contribution is -2.43. The standard InChI is InChI=1S/C35H43NO6/c1-25-17-18-27(22-26(25)2)12-6-3-4-8-16-31(33(35(40)41)42-24-32(37)38)34(39)36-21-11-5-7-13-28-19-20-29-14-9-10-15-30(29)23-28/h6,9-10,12,14-15,17-20,22-23,31,33H,3-5,7-8,11,13,16,21,24H2,1-2H3,(H,36,39)(H,37,38)(H,40,41). The first-order valence-electron chi connectivity index (χ1n) is 14.8. The SMILES string of the molecule is Cc1ccc(C=CCCCCC(C(=O)NCCCCCc2ccc3ccccc3c2)C(OCC(=O)O)C(=O)O)cc1C. The normalized spacial score (nSPS) is 12.8. The predicted octanol–water partition coefficient (Wildman–Crippen LogP) is 6.73. The number of aryl methyl sites for hydroxylation is 3. The fraction of sp³-hybridized carbons (Fsp3) is 0.400. The third kappa shape index (κ3) is 10.8. The molecule has 0 spiro atoms. The van der Waals surface area contributed by atoms with Crippen LogP contribution in [-0.2, 0) is 25.5 Å². The van der Waals surface area contributed by atoms with E-state index >= 15 is 0 Å². The fourth-order valence-electron chi connectivity index (χ4n) is 5.02. The molecular formula is C35H43NO6. The smallest absolute Gasteiger partial charge is 0.333 e. The first kappa shape index (κ1) is 32.5. The van der Waals surface area contributed by atoms with Gasteiger partial charge in [-0.1, -0.05) is 85.7 Å². The lowest BCUT2D eigenvalue weighted by Gasteiger charge is -2.23. The van der Waals surface area contributed by atoms with Crippen molar-refractivity contribution in [2.75, 3.05) is 13.2 Å². The van der Waals surface area contributed by atoms with E-state index in [2.05, 4.69) is 79.8 Å². The van der Waals surface area contributed by atoms with Gasteiger partial charge in [0.25, 0.3) is 0 Å². The number of amides is 1. The van der Waals surface area contributed by atoms with E-state index in [1.165, 1.54) is 27.5 Å². The minimum atomic E-state index is -1.51. The summed E-state index contributed by atoms with van der Waals surface area (Å²) in [6.45, 7) is 3.81. The van der Waals surface area contributed by atoms with Crippen LogP contribution in [-0.4, -0.2) is 47.3 Å². The zero-order valence-corrected chi connectivity index (χ0v) is 24.7. The fourth-order valence-corrected chi connectivity index (χ4v) is 5.02. The van der Waals surface area contributed by atoms with Gasteiger partial charge >= 0.3 is 11.9 Å². The Bertz CT molecular complexity index is 1360. The molecule has 2 atom stereocenters. The maximum absolute atomic E-state index is 13.1. The summed E-state index contributed by atoms with van der Waals surface area (Å²) in [5, 5.41) is 24.0. The van der Waals surface area contributed by atoms with Crippen LogP contribution in [0.3, 0.4) is 0 Å². The molecular weight excluding hydrogens is 530 g/mol. The Morgan fingerprint density at radius 3 is 2.38 bits per heavy atom.